The Kier molecular flexibility index (Phi) is 4.14. The summed E-state index contributed by atoms with van der Waals surface area (Å²) < 4.78 is 12.7. The second kappa shape index (κ2) is 5.82. The molecule has 1 N–H and O–H groups in total. The minimum Gasteiger partial charge on any atom is -0.305 e. The number of benzene rings is 1. The van der Waals surface area contributed by atoms with Crippen molar-refractivity contribution in [1.29, 1.82) is 0 Å². The maximum absolute atomic E-state index is 12.7. The van der Waals surface area contributed by atoms with Crippen LogP contribution in [-0.4, -0.2) is 23.4 Å². The molecule has 0 spiro atoms. The predicted octanol–water partition coefficient (Wildman–Crippen LogP) is 1.98. The van der Waals surface area contributed by atoms with Crippen LogP contribution in [0.3, 0.4) is 0 Å². The van der Waals surface area contributed by atoms with Crippen LogP contribution < -0.4 is 5.32 Å². The SMILES string of the molecule is O=C(CCc1ccc(F)cc1)NC1=NCCS1. The second-order valence-corrected chi connectivity index (χ2v) is 4.79. The van der Waals surface area contributed by atoms with Gasteiger partial charge in [0.05, 0.1) is 6.54 Å². The first-order valence-corrected chi connectivity index (χ1v) is 6.44. The molecule has 5 heteroatoms. The Hall–Kier alpha value is -1.36. The number of aryl methyl sites for hydroxylation is 1. The molecule has 0 saturated heterocycles. The van der Waals surface area contributed by atoms with Crippen LogP contribution in [0.15, 0.2) is 29.3 Å². The van der Waals surface area contributed by atoms with Gasteiger partial charge in [0.15, 0.2) is 5.17 Å². The van der Waals surface area contributed by atoms with Gasteiger partial charge in [-0.3, -0.25) is 9.79 Å². The van der Waals surface area contributed by atoms with E-state index in [1.54, 1.807) is 23.9 Å². The van der Waals surface area contributed by atoms with Crippen molar-refractivity contribution >= 4 is 22.8 Å². The number of carbonyl (C=O) groups excluding carboxylic acids is 1. The minimum atomic E-state index is -0.255. The van der Waals surface area contributed by atoms with E-state index in [-0.39, 0.29) is 11.7 Å². The van der Waals surface area contributed by atoms with Crippen LogP contribution in [0.5, 0.6) is 0 Å². The Morgan fingerprint density at radius 1 is 1.41 bits per heavy atom. The first-order chi connectivity index (χ1) is 8.24. The summed E-state index contributed by atoms with van der Waals surface area (Å²) in [5, 5.41) is 3.48. The van der Waals surface area contributed by atoms with E-state index in [2.05, 4.69) is 10.3 Å². The number of amides is 1. The zero-order valence-electron chi connectivity index (χ0n) is 9.28. The third kappa shape index (κ3) is 3.85. The van der Waals surface area contributed by atoms with Gasteiger partial charge in [-0.05, 0) is 24.1 Å². The number of thioether (sulfide) groups is 1. The summed E-state index contributed by atoms with van der Waals surface area (Å²) in [6.45, 7) is 0.776. The molecule has 0 fully saturated rings. The van der Waals surface area contributed by atoms with E-state index < -0.39 is 0 Å². The van der Waals surface area contributed by atoms with E-state index in [0.717, 1.165) is 17.9 Å². The molecule has 1 heterocycles. The van der Waals surface area contributed by atoms with Gasteiger partial charge >= 0.3 is 0 Å². The van der Waals surface area contributed by atoms with E-state index in [9.17, 15) is 9.18 Å². The number of rotatable bonds is 3. The van der Waals surface area contributed by atoms with Crippen LogP contribution in [0.1, 0.15) is 12.0 Å². The fourth-order valence-corrected chi connectivity index (χ4v) is 2.25. The largest absolute Gasteiger partial charge is 0.305 e. The highest BCUT2D eigenvalue weighted by Gasteiger charge is 2.10. The third-order valence-corrected chi connectivity index (χ3v) is 3.28. The molecule has 0 unspecified atom stereocenters. The maximum Gasteiger partial charge on any atom is 0.226 e. The van der Waals surface area contributed by atoms with Crippen molar-refractivity contribution in [3.63, 3.8) is 0 Å². The van der Waals surface area contributed by atoms with Gasteiger partial charge in [0.25, 0.3) is 0 Å². The highest BCUT2D eigenvalue weighted by molar-refractivity contribution is 8.14. The summed E-state index contributed by atoms with van der Waals surface area (Å²) in [5.41, 5.74) is 0.961. The minimum absolute atomic E-state index is 0.0394. The predicted molar refractivity (Wildman–Crippen MR) is 67.6 cm³/mol. The van der Waals surface area contributed by atoms with Crippen molar-refractivity contribution in [3.8, 4) is 0 Å². The van der Waals surface area contributed by atoms with E-state index in [4.69, 9.17) is 0 Å². The molecule has 1 aromatic carbocycles. The number of nitrogens with one attached hydrogen (secondary N) is 1. The first kappa shape index (κ1) is 12.1. The van der Waals surface area contributed by atoms with Crippen molar-refractivity contribution in [3.05, 3.63) is 35.6 Å². The fraction of sp³-hybridized carbons (Fsp3) is 0.333. The van der Waals surface area contributed by atoms with Crippen molar-refractivity contribution in [2.45, 2.75) is 12.8 Å². The summed E-state index contributed by atoms with van der Waals surface area (Å²) in [7, 11) is 0. The topological polar surface area (TPSA) is 41.5 Å². The summed E-state index contributed by atoms with van der Waals surface area (Å²) in [6, 6.07) is 6.21. The van der Waals surface area contributed by atoms with Crippen LogP contribution in [0, 0.1) is 5.82 Å². The molecule has 0 atom stereocenters. The Bertz CT molecular complexity index is 431. The number of halogens is 1. The lowest BCUT2D eigenvalue weighted by atomic mass is 10.1. The Morgan fingerprint density at radius 2 is 2.18 bits per heavy atom. The van der Waals surface area contributed by atoms with Crippen molar-refractivity contribution in [2.75, 3.05) is 12.3 Å². The molecule has 3 nitrogen and oxygen atoms in total. The number of hydrogen-bond donors (Lipinski definition) is 1. The van der Waals surface area contributed by atoms with Crippen LogP contribution in [-0.2, 0) is 11.2 Å². The van der Waals surface area contributed by atoms with Gasteiger partial charge in [-0.1, -0.05) is 23.9 Å². The zero-order valence-corrected chi connectivity index (χ0v) is 10.1. The van der Waals surface area contributed by atoms with E-state index in [1.807, 2.05) is 0 Å². The summed E-state index contributed by atoms with van der Waals surface area (Å²) in [5.74, 6) is 0.644. The Labute approximate surface area is 104 Å². The molecule has 17 heavy (non-hydrogen) atoms. The molecule has 90 valence electrons. The third-order valence-electron chi connectivity index (χ3n) is 2.39. The van der Waals surface area contributed by atoms with Gasteiger partial charge in [0, 0.05) is 12.2 Å². The molecule has 2 rings (SSSR count). The lowest BCUT2D eigenvalue weighted by Crippen LogP contribution is -2.27. The quantitative estimate of drug-likeness (QED) is 0.893. The van der Waals surface area contributed by atoms with E-state index in [0.29, 0.717) is 18.0 Å². The van der Waals surface area contributed by atoms with E-state index >= 15 is 0 Å². The molecule has 0 radical (unpaired) electrons. The van der Waals surface area contributed by atoms with Gasteiger partial charge in [0.2, 0.25) is 5.91 Å². The standard InChI is InChI=1S/C12H13FN2OS/c13-10-4-1-9(2-5-10)3-6-11(16)15-12-14-7-8-17-12/h1-2,4-5H,3,6-8H2,(H,14,15,16). The molecule has 0 bridgehead atoms. The van der Waals surface area contributed by atoms with Crippen LogP contribution in [0.25, 0.3) is 0 Å². The molecule has 1 aliphatic rings. The summed E-state index contributed by atoms with van der Waals surface area (Å²) >= 11 is 1.56. The average molecular weight is 252 g/mol. The molecular formula is C12H13FN2OS. The van der Waals surface area contributed by atoms with Gasteiger partial charge in [-0.15, -0.1) is 0 Å². The summed E-state index contributed by atoms with van der Waals surface area (Å²) in [6.07, 6.45) is 1.01. The highest BCUT2D eigenvalue weighted by Crippen LogP contribution is 2.10. The monoisotopic (exact) mass is 252 g/mol. The van der Waals surface area contributed by atoms with E-state index in [1.165, 1.54) is 12.1 Å². The van der Waals surface area contributed by atoms with Crippen LogP contribution in [0.4, 0.5) is 4.39 Å². The Morgan fingerprint density at radius 3 is 2.82 bits per heavy atom. The Balaban J connectivity index is 1.77. The van der Waals surface area contributed by atoms with Crippen molar-refractivity contribution in [1.82, 2.24) is 5.32 Å². The fourth-order valence-electron chi connectivity index (χ4n) is 1.50. The van der Waals surface area contributed by atoms with Crippen LogP contribution in [0.2, 0.25) is 0 Å². The van der Waals surface area contributed by atoms with Crippen LogP contribution >= 0.6 is 11.8 Å². The molecule has 1 amide bonds. The molecule has 0 saturated carbocycles. The highest BCUT2D eigenvalue weighted by atomic mass is 32.2. The lowest BCUT2D eigenvalue weighted by Gasteiger charge is -2.04. The van der Waals surface area contributed by atoms with Gasteiger partial charge in [-0.2, -0.15) is 0 Å². The first-order valence-electron chi connectivity index (χ1n) is 5.45. The molecular weight excluding hydrogens is 239 g/mol. The lowest BCUT2D eigenvalue weighted by molar-refractivity contribution is -0.119. The average Bonchev–Trinajstić information content (AvgIpc) is 2.81. The number of nitrogens with zero attached hydrogens (tertiary/aromatic N) is 1. The molecule has 1 aromatic rings. The van der Waals surface area contributed by atoms with Gasteiger partial charge in [-0.25, -0.2) is 4.39 Å². The number of hydrogen-bond acceptors (Lipinski definition) is 3. The van der Waals surface area contributed by atoms with Gasteiger partial charge in [0.1, 0.15) is 5.82 Å². The maximum atomic E-state index is 12.7. The second-order valence-electron chi connectivity index (χ2n) is 3.71. The number of aliphatic imine (C=N–C) groups is 1. The normalized spacial score (nSPS) is 14.5. The molecule has 0 aromatic heterocycles. The number of carbonyl (C=O) groups is 1. The van der Waals surface area contributed by atoms with Crippen molar-refractivity contribution < 1.29 is 9.18 Å². The molecule has 1 aliphatic heterocycles. The smallest absolute Gasteiger partial charge is 0.226 e. The van der Waals surface area contributed by atoms with Crippen molar-refractivity contribution in [2.24, 2.45) is 4.99 Å². The molecule has 0 aliphatic carbocycles. The van der Waals surface area contributed by atoms with Gasteiger partial charge < -0.3 is 5.32 Å². The zero-order chi connectivity index (χ0) is 12.1. The summed E-state index contributed by atoms with van der Waals surface area (Å²) in [4.78, 5) is 15.7. The number of amidine groups is 1.